The Labute approximate surface area is 203 Å². The molecule has 0 unspecified atom stereocenters. The molecule has 0 amide bonds. The normalized spacial score (nSPS) is 14.6. The second-order valence-electron chi connectivity index (χ2n) is 8.74. The number of aliphatic imine (C=N–C) groups is 1. The number of hydrogen-bond donors (Lipinski definition) is 2. The second-order valence-corrected chi connectivity index (χ2v) is 8.74. The third-order valence-corrected chi connectivity index (χ3v) is 6.53. The quantitative estimate of drug-likeness (QED) is 0.424. The maximum Gasteiger partial charge on any atom is 0.258 e. The van der Waals surface area contributed by atoms with Crippen molar-refractivity contribution < 1.29 is 9.84 Å². The molecule has 0 aliphatic carbocycles. The highest BCUT2D eigenvalue weighted by atomic mass is 16.5. The minimum absolute atomic E-state index is 0.207. The maximum atomic E-state index is 12.6. The fourth-order valence-electron chi connectivity index (χ4n) is 4.48. The van der Waals surface area contributed by atoms with E-state index in [9.17, 15) is 9.90 Å². The van der Waals surface area contributed by atoms with Gasteiger partial charge in [-0.25, -0.2) is 0 Å². The van der Waals surface area contributed by atoms with E-state index in [2.05, 4.69) is 39.0 Å². The summed E-state index contributed by atoms with van der Waals surface area (Å²) >= 11 is 0. The molecule has 1 saturated heterocycles. The first-order valence-corrected chi connectivity index (χ1v) is 11.6. The van der Waals surface area contributed by atoms with Crippen LogP contribution >= 0.6 is 0 Å². The summed E-state index contributed by atoms with van der Waals surface area (Å²) in [5, 5.41) is 11.8. The number of ether oxygens (including phenoxy) is 1. The van der Waals surface area contributed by atoms with Crippen molar-refractivity contribution in [2.24, 2.45) is 4.99 Å². The number of aromatic hydroxyl groups is 1. The van der Waals surface area contributed by atoms with E-state index in [4.69, 9.17) is 4.74 Å². The predicted octanol–water partition coefficient (Wildman–Crippen LogP) is 4.41. The van der Waals surface area contributed by atoms with Crippen LogP contribution in [-0.2, 0) is 0 Å². The number of likely N-dealkylation sites (N-methyl/N-ethyl adjacent to an activating group) is 1. The molecule has 7 heteroatoms. The molecule has 35 heavy (non-hydrogen) atoms. The molecule has 0 radical (unpaired) electrons. The van der Waals surface area contributed by atoms with Gasteiger partial charge in [0.1, 0.15) is 5.75 Å². The van der Waals surface area contributed by atoms with Crippen LogP contribution in [0.15, 0.2) is 76.5 Å². The molecule has 178 valence electrons. The highest BCUT2D eigenvalue weighted by molar-refractivity contribution is 6.09. The van der Waals surface area contributed by atoms with Crippen LogP contribution in [0.4, 0.5) is 11.4 Å². The van der Waals surface area contributed by atoms with Crippen molar-refractivity contribution in [3.05, 3.63) is 82.6 Å². The summed E-state index contributed by atoms with van der Waals surface area (Å²) < 4.78 is 5.27. The number of pyridine rings is 1. The molecule has 5 rings (SSSR count). The number of fused-ring (bicyclic) bond motifs is 1. The van der Waals surface area contributed by atoms with Gasteiger partial charge in [0.15, 0.2) is 0 Å². The summed E-state index contributed by atoms with van der Waals surface area (Å²) in [5.41, 5.74) is 3.81. The van der Waals surface area contributed by atoms with E-state index in [1.54, 1.807) is 19.4 Å². The first-order valence-electron chi connectivity index (χ1n) is 11.6. The second kappa shape index (κ2) is 9.64. The first-order chi connectivity index (χ1) is 17.0. The summed E-state index contributed by atoms with van der Waals surface area (Å²) in [4.78, 5) is 24.5. The number of anilines is 1. The van der Waals surface area contributed by atoms with Crippen molar-refractivity contribution in [3.8, 4) is 22.8 Å². The van der Waals surface area contributed by atoms with Crippen LogP contribution < -0.4 is 15.2 Å². The number of benzene rings is 3. The number of piperazine rings is 1. The molecule has 1 aromatic heterocycles. The number of methoxy groups -OCH3 is 1. The number of nitrogens with one attached hydrogen (secondary N) is 1. The maximum absolute atomic E-state index is 12.6. The van der Waals surface area contributed by atoms with E-state index < -0.39 is 0 Å². The van der Waals surface area contributed by atoms with Crippen molar-refractivity contribution in [1.29, 1.82) is 0 Å². The van der Waals surface area contributed by atoms with E-state index in [-0.39, 0.29) is 11.4 Å². The molecule has 1 aliphatic heterocycles. The van der Waals surface area contributed by atoms with Crippen LogP contribution in [0.1, 0.15) is 5.56 Å². The van der Waals surface area contributed by atoms with Crippen LogP contribution in [0, 0.1) is 0 Å². The third-order valence-electron chi connectivity index (χ3n) is 6.53. The van der Waals surface area contributed by atoms with E-state index in [1.807, 2.05) is 48.5 Å². The average molecular weight is 469 g/mol. The van der Waals surface area contributed by atoms with Crippen molar-refractivity contribution in [3.63, 3.8) is 0 Å². The lowest BCUT2D eigenvalue weighted by atomic mass is 9.96. The lowest BCUT2D eigenvalue weighted by Gasteiger charge is -2.34. The van der Waals surface area contributed by atoms with Crippen molar-refractivity contribution >= 4 is 28.4 Å². The van der Waals surface area contributed by atoms with Gasteiger partial charge >= 0.3 is 0 Å². The lowest BCUT2D eigenvalue weighted by Crippen LogP contribution is -2.44. The Hall–Kier alpha value is -4.10. The Morgan fingerprint density at radius 2 is 1.69 bits per heavy atom. The Kier molecular flexibility index (Phi) is 6.25. The highest BCUT2D eigenvalue weighted by Gasteiger charge is 2.16. The summed E-state index contributed by atoms with van der Waals surface area (Å²) in [6.45, 7) is 4.11. The van der Waals surface area contributed by atoms with Gasteiger partial charge in [0, 0.05) is 48.9 Å². The molecule has 2 N–H and O–H groups in total. The molecule has 1 aliphatic rings. The molecule has 2 heterocycles. The summed E-state index contributed by atoms with van der Waals surface area (Å²) in [6.07, 6.45) is 1.62. The van der Waals surface area contributed by atoms with Gasteiger partial charge in [-0.05, 0) is 60.6 Å². The van der Waals surface area contributed by atoms with E-state index in [1.165, 1.54) is 5.69 Å². The van der Waals surface area contributed by atoms with Crippen molar-refractivity contribution in [1.82, 2.24) is 9.88 Å². The molecule has 4 aromatic rings. The van der Waals surface area contributed by atoms with Gasteiger partial charge in [0.25, 0.3) is 5.56 Å². The Bertz CT molecular complexity index is 1420. The minimum Gasteiger partial charge on any atom is -0.497 e. The SMILES string of the molecule is COc1ccc(-c2cccc3c(=O)[nH]c(O)c(C=Nc4ccc(N5CCN(C)CC5)cc4)c23)cc1. The number of aromatic nitrogens is 1. The largest absolute Gasteiger partial charge is 0.497 e. The monoisotopic (exact) mass is 468 g/mol. The van der Waals surface area contributed by atoms with Gasteiger partial charge in [-0.15, -0.1) is 0 Å². The van der Waals surface area contributed by atoms with Crippen LogP contribution in [-0.4, -0.2) is 61.5 Å². The molecule has 0 atom stereocenters. The van der Waals surface area contributed by atoms with E-state index >= 15 is 0 Å². The van der Waals surface area contributed by atoms with Gasteiger partial charge in [0.2, 0.25) is 5.88 Å². The van der Waals surface area contributed by atoms with Gasteiger partial charge in [0.05, 0.1) is 18.4 Å². The Balaban J connectivity index is 1.52. The molecule has 7 nitrogen and oxygen atoms in total. The first kappa shape index (κ1) is 22.7. The van der Waals surface area contributed by atoms with Crippen molar-refractivity contribution in [2.75, 3.05) is 45.2 Å². The molecule has 0 saturated carbocycles. The smallest absolute Gasteiger partial charge is 0.258 e. The van der Waals surface area contributed by atoms with Crippen LogP contribution in [0.5, 0.6) is 11.6 Å². The van der Waals surface area contributed by atoms with Gasteiger partial charge in [-0.1, -0.05) is 24.3 Å². The fourth-order valence-corrected chi connectivity index (χ4v) is 4.48. The number of rotatable bonds is 5. The molecule has 0 spiro atoms. The standard InChI is InChI=1S/C28H28N4O3/c1-31-14-16-32(17-15-31)21-10-8-20(9-11-21)29-18-25-26-23(19-6-12-22(35-2)13-7-19)4-3-5-24(26)27(33)30-28(25)34/h3-13,18H,14-17H2,1-2H3,(H2,30,33,34). The molecule has 1 fully saturated rings. The zero-order chi connectivity index (χ0) is 24.4. The highest BCUT2D eigenvalue weighted by Crippen LogP contribution is 2.33. The third kappa shape index (κ3) is 4.63. The van der Waals surface area contributed by atoms with Crippen molar-refractivity contribution in [2.45, 2.75) is 0 Å². The Morgan fingerprint density at radius 1 is 0.971 bits per heavy atom. The van der Waals surface area contributed by atoms with Gasteiger partial charge in [-0.3, -0.25) is 14.8 Å². The number of hydrogen-bond acceptors (Lipinski definition) is 6. The van der Waals surface area contributed by atoms with Crippen LogP contribution in [0.3, 0.4) is 0 Å². The Morgan fingerprint density at radius 3 is 2.37 bits per heavy atom. The number of aromatic amines is 1. The summed E-state index contributed by atoms with van der Waals surface area (Å²) in [7, 11) is 3.77. The predicted molar refractivity (Wildman–Crippen MR) is 142 cm³/mol. The average Bonchev–Trinajstić information content (AvgIpc) is 2.89. The number of nitrogens with zero attached hydrogens (tertiary/aromatic N) is 3. The minimum atomic E-state index is -0.346. The van der Waals surface area contributed by atoms with Crippen LogP contribution in [0.25, 0.3) is 21.9 Å². The topological polar surface area (TPSA) is 81.2 Å². The molecule has 3 aromatic carbocycles. The van der Waals surface area contributed by atoms with E-state index in [0.717, 1.165) is 48.7 Å². The number of H-pyrrole nitrogens is 1. The zero-order valence-electron chi connectivity index (χ0n) is 19.9. The lowest BCUT2D eigenvalue weighted by molar-refractivity contribution is 0.313. The molecular formula is C28H28N4O3. The van der Waals surface area contributed by atoms with Gasteiger partial charge in [-0.2, -0.15) is 0 Å². The van der Waals surface area contributed by atoms with Crippen LogP contribution in [0.2, 0.25) is 0 Å². The summed E-state index contributed by atoms with van der Waals surface area (Å²) in [5.74, 6) is 0.540. The van der Waals surface area contributed by atoms with E-state index in [0.29, 0.717) is 16.3 Å². The molecule has 0 bridgehead atoms. The van der Waals surface area contributed by atoms with Gasteiger partial charge < -0.3 is 19.6 Å². The zero-order valence-corrected chi connectivity index (χ0v) is 19.9. The summed E-state index contributed by atoms with van der Waals surface area (Å²) in [6, 6.07) is 21.2. The fraction of sp³-hybridized carbons (Fsp3) is 0.214. The molecular weight excluding hydrogens is 440 g/mol.